The molecule has 28 heavy (non-hydrogen) atoms. The van der Waals surface area contributed by atoms with E-state index in [1.165, 1.54) is 32.7 Å². The van der Waals surface area contributed by atoms with Crippen molar-refractivity contribution in [2.45, 2.75) is 13.8 Å². The summed E-state index contributed by atoms with van der Waals surface area (Å²) in [5.74, 6) is 0. The van der Waals surface area contributed by atoms with Gasteiger partial charge in [-0.2, -0.15) is 12.1 Å². The summed E-state index contributed by atoms with van der Waals surface area (Å²) in [6.07, 6.45) is 0. The van der Waals surface area contributed by atoms with Gasteiger partial charge >= 0.3 is 25.8 Å². The summed E-state index contributed by atoms with van der Waals surface area (Å²) < 4.78 is 0. The van der Waals surface area contributed by atoms with Crippen LogP contribution in [0.25, 0.3) is 21.5 Å². The molecule has 0 spiro atoms. The van der Waals surface area contributed by atoms with Crippen LogP contribution in [0, 0.1) is 13.8 Å². The molecular weight excluding hydrogens is 566 g/mol. The number of fused-ring (bicyclic) bond motifs is 2. The summed E-state index contributed by atoms with van der Waals surface area (Å²) in [6, 6.07) is 25.7. The molecule has 0 aliphatic rings. The van der Waals surface area contributed by atoms with E-state index in [1.54, 1.807) is 0 Å². The van der Waals surface area contributed by atoms with Gasteiger partial charge in [0.1, 0.15) is 0 Å². The predicted molar refractivity (Wildman–Crippen MR) is 115 cm³/mol. The van der Waals surface area contributed by atoms with Gasteiger partial charge in [-0.15, -0.1) is 106 Å². The van der Waals surface area contributed by atoms with E-state index in [9.17, 15) is 0 Å². The molecule has 0 aliphatic carbocycles. The fourth-order valence-electron chi connectivity index (χ4n) is 2.70. The van der Waals surface area contributed by atoms with Crippen LogP contribution in [0.3, 0.4) is 0 Å². The van der Waals surface area contributed by atoms with E-state index in [0.29, 0.717) is 0 Å². The maximum atomic E-state index is 3.49. The third kappa shape index (κ3) is 9.34. The number of hydrogen-bond donors (Lipinski definition) is 0. The smallest absolute Gasteiger partial charge is 1.00 e. The Labute approximate surface area is 202 Å². The van der Waals surface area contributed by atoms with Crippen molar-refractivity contribution in [3.8, 4) is 0 Å². The van der Waals surface area contributed by atoms with Crippen molar-refractivity contribution in [3.63, 3.8) is 0 Å². The number of halogens is 2. The van der Waals surface area contributed by atoms with Crippen molar-refractivity contribution in [2.24, 2.45) is 0 Å². The Hall–Kier alpha value is -1.19. The Kier molecular flexibility index (Phi) is 16.3. The zero-order chi connectivity index (χ0) is 18.1. The zero-order valence-corrected chi connectivity index (χ0v) is 22.4. The minimum atomic E-state index is 0. The first-order valence-electron chi connectivity index (χ1n) is 8.36. The maximum absolute atomic E-state index is 3.49. The summed E-state index contributed by atoms with van der Waals surface area (Å²) in [4.78, 5) is 0. The largest absolute Gasteiger partial charge is 4.00 e. The Morgan fingerprint density at radius 2 is 1.07 bits per heavy atom. The van der Waals surface area contributed by atoms with Gasteiger partial charge in [0.2, 0.25) is 0 Å². The molecule has 0 N–H and O–H groups in total. The van der Waals surface area contributed by atoms with Crippen molar-refractivity contribution in [3.05, 3.63) is 108 Å². The molecule has 2 radical (unpaired) electrons. The summed E-state index contributed by atoms with van der Waals surface area (Å²) in [6.45, 7) is 11.2. The topological polar surface area (TPSA) is 0 Å². The van der Waals surface area contributed by atoms with Gasteiger partial charge in [0.05, 0.1) is 9.52 Å². The molecule has 0 nitrogen and oxygen atoms in total. The first kappa shape index (κ1) is 29.0. The Morgan fingerprint density at radius 1 is 0.714 bits per heavy atom. The number of hydrogen-bond acceptors (Lipinski definition) is 0. The van der Waals surface area contributed by atoms with Crippen LogP contribution in [0.5, 0.6) is 0 Å². The maximum Gasteiger partial charge on any atom is 4.00 e. The molecule has 0 unspecified atom stereocenters. The van der Waals surface area contributed by atoms with Gasteiger partial charge in [0.15, 0.2) is 0 Å². The molecule has 0 bridgehead atoms. The number of benzene rings is 2. The van der Waals surface area contributed by atoms with Crippen LogP contribution in [0.1, 0.15) is 11.1 Å². The molecule has 0 amide bonds. The number of aryl methyl sites for hydroxylation is 2. The molecule has 4 aromatic rings. The fourth-order valence-corrected chi connectivity index (χ4v) is 2.86. The Morgan fingerprint density at radius 3 is 1.36 bits per heavy atom. The van der Waals surface area contributed by atoms with Gasteiger partial charge < -0.3 is 24.8 Å². The van der Waals surface area contributed by atoms with Crippen molar-refractivity contribution in [1.29, 1.82) is 0 Å². The van der Waals surface area contributed by atoms with Crippen molar-refractivity contribution >= 4 is 31.1 Å². The fraction of sp³-hybridized carbons (Fsp3) is 0.0833. The SMILES string of the molecule is C=C[Si]C=C.Cc1cc2ccccc2[cH-]1.Cc1cc2ccccc2[cH-]1.[Cl-].[Cl-].[Hf+4]. The normalized spacial score (nSPS) is 8.64. The van der Waals surface area contributed by atoms with Gasteiger partial charge in [0.25, 0.3) is 0 Å². The van der Waals surface area contributed by atoms with E-state index in [2.05, 4.69) is 99.8 Å². The molecule has 4 heteroatoms. The van der Waals surface area contributed by atoms with Gasteiger partial charge in [0, 0.05) is 0 Å². The molecule has 0 fully saturated rings. The van der Waals surface area contributed by atoms with Gasteiger partial charge in [-0.05, 0) is 0 Å². The number of rotatable bonds is 2. The van der Waals surface area contributed by atoms with E-state index in [4.69, 9.17) is 0 Å². The molecule has 0 heterocycles. The monoisotopic (exact) mass is 590 g/mol. The van der Waals surface area contributed by atoms with Gasteiger partial charge in [-0.25, -0.2) is 0 Å². The third-order valence-electron chi connectivity index (χ3n) is 3.76. The average Bonchev–Trinajstić information content (AvgIpc) is 3.17. The van der Waals surface area contributed by atoms with E-state index < -0.39 is 0 Å². The predicted octanol–water partition coefficient (Wildman–Crippen LogP) is 0.717. The Balaban J connectivity index is 0. The quantitative estimate of drug-likeness (QED) is 0.239. The molecule has 0 aromatic heterocycles. The molecule has 0 aliphatic heterocycles. The van der Waals surface area contributed by atoms with Crippen molar-refractivity contribution in [2.75, 3.05) is 0 Å². The second-order valence-electron chi connectivity index (χ2n) is 5.90. The van der Waals surface area contributed by atoms with Crippen LogP contribution in [-0.4, -0.2) is 9.52 Å². The third-order valence-corrected chi connectivity index (χ3v) is 4.23. The van der Waals surface area contributed by atoms with Gasteiger partial charge in [-0.3, -0.25) is 0 Å². The van der Waals surface area contributed by atoms with Crippen molar-refractivity contribution < 1.29 is 50.7 Å². The van der Waals surface area contributed by atoms with Crippen LogP contribution >= 0.6 is 0 Å². The van der Waals surface area contributed by atoms with Crippen LogP contribution < -0.4 is 24.8 Å². The van der Waals surface area contributed by atoms with Crippen LogP contribution in [0.15, 0.2) is 97.4 Å². The summed E-state index contributed by atoms with van der Waals surface area (Å²) in [7, 11) is 0.725. The van der Waals surface area contributed by atoms with Crippen LogP contribution in [-0.2, 0) is 25.8 Å². The van der Waals surface area contributed by atoms with Crippen molar-refractivity contribution in [1.82, 2.24) is 0 Å². The molecule has 4 aromatic carbocycles. The average molecular weight is 590 g/mol. The molecule has 0 saturated heterocycles. The van der Waals surface area contributed by atoms with E-state index in [-0.39, 0.29) is 50.7 Å². The van der Waals surface area contributed by atoms with Crippen LogP contribution in [0.2, 0.25) is 0 Å². The van der Waals surface area contributed by atoms with Crippen LogP contribution in [0.4, 0.5) is 0 Å². The summed E-state index contributed by atoms with van der Waals surface area (Å²) in [5.41, 5.74) is 6.38. The van der Waals surface area contributed by atoms with E-state index in [0.717, 1.165) is 9.52 Å². The minimum absolute atomic E-state index is 0. The van der Waals surface area contributed by atoms with E-state index in [1.807, 2.05) is 11.4 Å². The second-order valence-corrected chi connectivity index (χ2v) is 7.05. The molecular formula is C24H24Cl2HfSi. The summed E-state index contributed by atoms with van der Waals surface area (Å²) in [5, 5.41) is 5.39. The molecule has 142 valence electrons. The standard InChI is InChI=1S/2C10H9.C4H6Si.2ClH.Hf/c2*1-8-6-9-4-2-3-5-10(9)7-8;1-3-5-4-2;;;/h2*2-7H,1H3;3-4H,1-2H2;2*1H;/q2*-1;;;;+4/p-2. The molecule has 0 saturated carbocycles. The summed E-state index contributed by atoms with van der Waals surface area (Å²) >= 11 is 0. The molecule has 4 rings (SSSR count). The first-order valence-corrected chi connectivity index (χ1v) is 9.51. The van der Waals surface area contributed by atoms with Gasteiger partial charge in [-0.1, -0.05) is 26.0 Å². The zero-order valence-electron chi connectivity index (χ0n) is 16.3. The minimum Gasteiger partial charge on any atom is -1.00 e. The Bertz CT molecular complexity index is 809. The second kappa shape index (κ2) is 15.7. The van der Waals surface area contributed by atoms with E-state index >= 15 is 0 Å². The first-order chi connectivity index (χ1) is 12.1. The molecule has 0 atom stereocenters.